The molecule has 0 radical (unpaired) electrons. The first-order valence-corrected chi connectivity index (χ1v) is 18.1. The van der Waals surface area contributed by atoms with E-state index < -0.39 is 0 Å². The summed E-state index contributed by atoms with van der Waals surface area (Å²) in [5.41, 5.74) is 6.43. The highest BCUT2D eigenvalue weighted by atomic mass is 15.0. The number of hydrogen-bond donors (Lipinski definition) is 0. The van der Waals surface area contributed by atoms with E-state index in [2.05, 4.69) is 164 Å². The van der Waals surface area contributed by atoms with Gasteiger partial charge < -0.3 is 0 Å². The zero-order chi connectivity index (χ0) is 35.6. The molecular formula is C49H29N5. The lowest BCUT2D eigenvalue weighted by Gasteiger charge is -2.15. The number of nitrogens with zero attached hydrogens (tertiary/aromatic N) is 5. The lowest BCUT2D eigenvalue weighted by atomic mass is 9.93. The smallest absolute Gasteiger partial charge is 0.164 e. The van der Waals surface area contributed by atoms with E-state index in [1.807, 2.05) is 12.3 Å². The zero-order valence-electron chi connectivity index (χ0n) is 29.0. The second-order valence-corrected chi connectivity index (χ2v) is 13.6. The third-order valence-corrected chi connectivity index (χ3v) is 10.6. The first kappa shape index (κ1) is 30.3. The number of pyridine rings is 2. The van der Waals surface area contributed by atoms with Gasteiger partial charge >= 0.3 is 0 Å². The minimum atomic E-state index is 0.586. The Morgan fingerprint density at radius 3 is 1.46 bits per heavy atom. The van der Waals surface area contributed by atoms with Crippen molar-refractivity contribution in [1.82, 2.24) is 24.9 Å². The Morgan fingerprint density at radius 1 is 0.296 bits per heavy atom. The molecule has 54 heavy (non-hydrogen) atoms. The first-order chi connectivity index (χ1) is 26.8. The minimum Gasteiger partial charge on any atom is -0.256 e. The van der Waals surface area contributed by atoms with Crippen molar-refractivity contribution in [3.63, 3.8) is 0 Å². The lowest BCUT2D eigenvalue weighted by Crippen LogP contribution is -2.02. The van der Waals surface area contributed by atoms with E-state index in [0.29, 0.717) is 17.5 Å². The van der Waals surface area contributed by atoms with Gasteiger partial charge in [-0.2, -0.15) is 0 Å². The van der Waals surface area contributed by atoms with Gasteiger partial charge in [0.25, 0.3) is 0 Å². The van der Waals surface area contributed by atoms with Crippen LogP contribution < -0.4 is 0 Å². The predicted molar refractivity (Wildman–Crippen MR) is 222 cm³/mol. The molecule has 0 bridgehead atoms. The maximum atomic E-state index is 5.32. The van der Waals surface area contributed by atoms with Crippen LogP contribution in [0.25, 0.3) is 110 Å². The summed E-state index contributed by atoms with van der Waals surface area (Å²) < 4.78 is 0. The van der Waals surface area contributed by atoms with Gasteiger partial charge in [-0.15, -0.1) is 0 Å². The van der Waals surface area contributed by atoms with Crippen LogP contribution in [0.1, 0.15) is 0 Å². The Labute approximate surface area is 310 Å². The standard InChI is InChI=1S/C49H29N5/c1-4-17-33-30(12-1)15-9-21-37(33)47-52-48(38-22-10-16-31-13-2-5-18-34(31)38)54-49(53-47)39-27-28-42(45-36(39)23-11-29-50-45)46-41-26-25-32-14-3-6-19-35(32)44(41)40-20-7-8-24-43(40)51-46/h1-29H. The molecule has 8 aromatic carbocycles. The van der Waals surface area contributed by atoms with Gasteiger partial charge in [-0.1, -0.05) is 146 Å². The highest BCUT2D eigenvalue weighted by Crippen LogP contribution is 2.41. The fourth-order valence-corrected chi connectivity index (χ4v) is 8.06. The van der Waals surface area contributed by atoms with Crippen LogP contribution in [0.2, 0.25) is 0 Å². The quantitative estimate of drug-likeness (QED) is 0.172. The molecule has 0 fully saturated rings. The fraction of sp³-hybridized carbons (Fsp3) is 0. The molecule has 5 nitrogen and oxygen atoms in total. The maximum Gasteiger partial charge on any atom is 0.164 e. The van der Waals surface area contributed by atoms with Gasteiger partial charge in [-0.25, -0.2) is 19.9 Å². The molecule has 0 spiro atoms. The second kappa shape index (κ2) is 12.1. The minimum absolute atomic E-state index is 0.586. The van der Waals surface area contributed by atoms with Crippen LogP contribution in [-0.2, 0) is 0 Å². The monoisotopic (exact) mass is 687 g/mol. The number of hydrogen-bond acceptors (Lipinski definition) is 5. The Balaban J connectivity index is 1.19. The van der Waals surface area contributed by atoms with Crippen molar-refractivity contribution in [1.29, 1.82) is 0 Å². The van der Waals surface area contributed by atoms with Crippen LogP contribution in [0.5, 0.6) is 0 Å². The van der Waals surface area contributed by atoms with Gasteiger partial charge in [0.05, 0.1) is 16.7 Å². The van der Waals surface area contributed by atoms with Gasteiger partial charge in [0, 0.05) is 50.0 Å². The van der Waals surface area contributed by atoms with E-state index in [1.54, 1.807) is 0 Å². The third-order valence-electron chi connectivity index (χ3n) is 10.6. The van der Waals surface area contributed by atoms with Crippen LogP contribution >= 0.6 is 0 Å². The molecule has 0 amide bonds. The predicted octanol–water partition coefficient (Wildman–Crippen LogP) is 12.2. The van der Waals surface area contributed by atoms with Gasteiger partial charge in [0.15, 0.2) is 17.5 Å². The fourth-order valence-electron chi connectivity index (χ4n) is 8.06. The average Bonchev–Trinajstić information content (AvgIpc) is 3.25. The van der Waals surface area contributed by atoms with Crippen molar-refractivity contribution in [2.45, 2.75) is 0 Å². The number of benzene rings is 8. The van der Waals surface area contributed by atoms with Gasteiger partial charge in [0.2, 0.25) is 0 Å². The van der Waals surface area contributed by atoms with Gasteiger partial charge in [-0.3, -0.25) is 4.98 Å². The zero-order valence-corrected chi connectivity index (χ0v) is 29.0. The topological polar surface area (TPSA) is 64.5 Å². The Kier molecular flexibility index (Phi) is 6.79. The highest BCUT2D eigenvalue weighted by Gasteiger charge is 2.21. The molecule has 0 aliphatic heterocycles. The second-order valence-electron chi connectivity index (χ2n) is 13.6. The molecule has 3 aromatic heterocycles. The summed E-state index contributed by atoms with van der Waals surface area (Å²) in [5, 5.41) is 11.2. The molecule has 0 N–H and O–H groups in total. The number of rotatable bonds is 4. The van der Waals surface area contributed by atoms with E-state index in [9.17, 15) is 0 Å². The largest absolute Gasteiger partial charge is 0.256 e. The molecule has 0 aliphatic carbocycles. The van der Waals surface area contributed by atoms with Crippen molar-refractivity contribution in [3.05, 3.63) is 176 Å². The molecule has 11 aromatic rings. The van der Waals surface area contributed by atoms with E-state index >= 15 is 0 Å². The molecule has 3 heterocycles. The van der Waals surface area contributed by atoms with Crippen molar-refractivity contribution in [2.75, 3.05) is 0 Å². The first-order valence-electron chi connectivity index (χ1n) is 18.1. The van der Waals surface area contributed by atoms with Gasteiger partial charge in [-0.05, 0) is 56.6 Å². The summed E-state index contributed by atoms with van der Waals surface area (Å²) in [6, 6.07) is 59.0. The van der Waals surface area contributed by atoms with E-state index in [-0.39, 0.29) is 0 Å². The Morgan fingerprint density at radius 2 is 0.796 bits per heavy atom. The summed E-state index contributed by atoms with van der Waals surface area (Å²) in [6.07, 6.45) is 1.85. The molecule has 250 valence electrons. The highest BCUT2D eigenvalue weighted by molar-refractivity contribution is 6.23. The van der Waals surface area contributed by atoms with Crippen molar-refractivity contribution in [2.24, 2.45) is 0 Å². The Bertz CT molecular complexity index is 3170. The van der Waals surface area contributed by atoms with Crippen molar-refractivity contribution < 1.29 is 0 Å². The average molecular weight is 688 g/mol. The number of aromatic nitrogens is 5. The summed E-state index contributed by atoms with van der Waals surface area (Å²) in [6.45, 7) is 0. The van der Waals surface area contributed by atoms with Crippen LogP contribution in [0, 0.1) is 0 Å². The third kappa shape index (κ3) is 4.76. The molecule has 5 heteroatoms. The summed E-state index contributed by atoms with van der Waals surface area (Å²) in [4.78, 5) is 26.0. The molecule has 0 saturated carbocycles. The molecule has 0 unspecified atom stereocenters. The maximum absolute atomic E-state index is 5.32. The van der Waals surface area contributed by atoms with Crippen molar-refractivity contribution >= 4 is 64.9 Å². The SMILES string of the molecule is c1ccc2c(-c3nc(-c4cccc5ccccc45)nc(-c4ccc(-c5nc6ccccc6c6c5ccc5ccccc56)c5ncccc45)n3)cccc2c1. The van der Waals surface area contributed by atoms with E-state index in [1.165, 1.54) is 16.2 Å². The molecular weight excluding hydrogens is 659 g/mol. The van der Waals surface area contributed by atoms with Crippen molar-refractivity contribution in [3.8, 4) is 45.4 Å². The van der Waals surface area contributed by atoms with Crippen LogP contribution in [0.4, 0.5) is 0 Å². The van der Waals surface area contributed by atoms with Crippen LogP contribution in [0.3, 0.4) is 0 Å². The number of para-hydroxylation sites is 1. The summed E-state index contributed by atoms with van der Waals surface area (Å²) in [7, 11) is 0. The van der Waals surface area contributed by atoms with Crippen LogP contribution in [0.15, 0.2) is 176 Å². The Hall–Kier alpha value is -7.37. The summed E-state index contributed by atoms with van der Waals surface area (Å²) >= 11 is 0. The molecule has 0 atom stereocenters. The molecule has 0 aliphatic rings. The number of fused-ring (bicyclic) bond motifs is 8. The van der Waals surface area contributed by atoms with E-state index in [0.717, 1.165) is 76.7 Å². The lowest BCUT2D eigenvalue weighted by molar-refractivity contribution is 1.08. The van der Waals surface area contributed by atoms with Crippen LogP contribution in [-0.4, -0.2) is 24.9 Å². The molecule has 11 rings (SSSR count). The molecule has 0 saturated heterocycles. The summed E-state index contributed by atoms with van der Waals surface area (Å²) in [5.74, 6) is 1.83. The van der Waals surface area contributed by atoms with Gasteiger partial charge in [0.1, 0.15) is 0 Å². The van der Waals surface area contributed by atoms with E-state index in [4.69, 9.17) is 24.9 Å². The normalized spacial score (nSPS) is 11.7.